The van der Waals surface area contributed by atoms with E-state index in [1.165, 1.54) is 11.3 Å². The fourth-order valence-electron chi connectivity index (χ4n) is 3.40. The van der Waals surface area contributed by atoms with Crippen molar-refractivity contribution in [2.75, 3.05) is 16.8 Å². The quantitative estimate of drug-likeness (QED) is 0.784. The molecule has 0 unspecified atom stereocenters. The zero-order chi connectivity index (χ0) is 19.6. The predicted molar refractivity (Wildman–Crippen MR) is 111 cm³/mol. The van der Waals surface area contributed by atoms with Crippen LogP contribution in [-0.4, -0.2) is 23.3 Å². The molecule has 27 heavy (non-hydrogen) atoms. The maximum atomic E-state index is 12.7. The normalized spacial score (nSPS) is 14.4. The number of benzene rings is 1. The van der Waals surface area contributed by atoms with Crippen LogP contribution in [0.1, 0.15) is 69.2 Å². The summed E-state index contributed by atoms with van der Waals surface area (Å²) in [5.41, 5.74) is 3.94. The molecule has 144 valence electrons. The number of para-hydroxylation sites is 1. The van der Waals surface area contributed by atoms with E-state index in [0.717, 1.165) is 29.8 Å². The number of nitrogens with zero attached hydrogens (tertiary/aromatic N) is 2. The van der Waals surface area contributed by atoms with E-state index in [1.54, 1.807) is 4.90 Å². The third-order valence-corrected chi connectivity index (χ3v) is 5.74. The van der Waals surface area contributed by atoms with Crippen molar-refractivity contribution >= 4 is 34.0 Å². The van der Waals surface area contributed by atoms with Crippen molar-refractivity contribution in [3.63, 3.8) is 0 Å². The highest BCUT2D eigenvalue weighted by molar-refractivity contribution is 7.14. The van der Waals surface area contributed by atoms with Crippen molar-refractivity contribution in [2.45, 2.75) is 58.8 Å². The van der Waals surface area contributed by atoms with Gasteiger partial charge in [0.1, 0.15) is 0 Å². The zero-order valence-electron chi connectivity index (χ0n) is 16.4. The summed E-state index contributed by atoms with van der Waals surface area (Å²) in [7, 11) is 0. The van der Waals surface area contributed by atoms with E-state index >= 15 is 0 Å². The molecule has 1 saturated heterocycles. The molecule has 1 aromatic heterocycles. The SMILES string of the molecule is CC(C)c1cccc(C(C)C)c1NC(=O)Cc1csc(N2CCCC2=O)n1. The molecule has 1 aromatic carbocycles. The molecule has 0 saturated carbocycles. The lowest BCUT2D eigenvalue weighted by Gasteiger charge is -2.20. The molecule has 1 N–H and O–H groups in total. The van der Waals surface area contributed by atoms with Gasteiger partial charge in [-0.1, -0.05) is 45.9 Å². The lowest BCUT2D eigenvalue weighted by Crippen LogP contribution is -2.23. The number of aromatic nitrogens is 1. The third-order valence-electron chi connectivity index (χ3n) is 4.82. The van der Waals surface area contributed by atoms with Crippen LogP contribution in [-0.2, 0) is 16.0 Å². The van der Waals surface area contributed by atoms with Gasteiger partial charge in [-0.15, -0.1) is 11.3 Å². The van der Waals surface area contributed by atoms with E-state index in [9.17, 15) is 9.59 Å². The van der Waals surface area contributed by atoms with Gasteiger partial charge in [-0.25, -0.2) is 4.98 Å². The summed E-state index contributed by atoms with van der Waals surface area (Å²) in [5.74, 6) is 0.694. The van der Waals surface area contributed by atoms with Crippen molar-refractivity contribution in [2.24, 2.45) is 0 Å². The van der Waals surface area contributed by atoms with Gasteiger partial charge in [-0.3, -0.25) is 14.5 Å². The summed E-state index contributed by atoms with van der Waals surface area (Å²) in [4.78, 5) is 30.8. The Bertz CT molecular complexity index is 815. The molecule has 0 atom stereocenters. The van der Waals surface area contributed by atoms with Gasteiger partial charge in [0.2, 0.25) is 11.8 Å². The second-order valence-electron chi connectivity index (χ2n) is 7.62. The van der Waals surface area contributed by atoms with E-state index in [2.05, 4.69) is 56.2 Å². The Kier molecular flexibility index (Phi) is 5.95. The van der Waals surface area contributed by atoms with Crippen molar-refractivity contribution in [3.8, 4) is 0 Å². The van der Waals surface area contributed by atoms with Crippen LogP contribution >= 0.6 is 11.3 Å². The average Bonchev–Trinajstić information content (AvgIpc) is 3.23. The van der Waals surface area contributed by atoms with E-state index in [4.69, 9.17) is 0 Å². The Morgan fingerprint density at radius 3 is 2.44 bits per heavy atom. The molecular weight excluding hydrogens is 358 g/mol. The minimum Gasteiger partial charge on any atom is -0.325 e. The first-order valence-corrected chi connectivity index (χ1v) is 10.4. The van der Waals surface area contributed by atoms with Crippen molar-refractivity contribution < 1.29 is 9.59 Å². The first-order valence-electron chi connectivity index (χ1n) is 9.54. The fourth-order valence-corrected chi connectivity index (χ4v) is 4.26. The zero-order valence-corrected chi connectivity index (χ0v) is 17.2. The monoisotopic (exact) mass is 385 g/mol. The largest absolute Gasteiger partial charge is 0.325 e. The first-order chi connectivity index (χ1) is 12.9. The summed E-state index contributed by atoms with van der Waals surface area (Å²) < 4.78 is 0. The molecule has 1 fully saturated rings. The number of carbonyl (C=O) groups is 2. The molecule has 2 aromatic rings. The molecular formula is C21H27N3O2S. The number of anilines is 2. The highest BCUT2D eigenvalue weighted by Gasteiger charge is 2.24. The number of hydrogen-bond acceptors (Lipinski definition) is 4. The van der Waals surface area contributed by atoms with Crippen LogP contribution < -0.4 is 10.2 Å². The van der Waals surface area contributed by atoms with Crippen molar-refractivity contribution in [1.29, 1.82) is 0 Å². The Morgan fingerprint density at radius 2 is 1.89 bits per heavy atom. The van der Waals surface area contributed by atoms with Crippen LogP contribution in [0.4, 0.5) is 10.8 Å². The van der Waals surface area contributed by atoms with Gasteiger partial charge in [0, 0.05) is 24.0 Å². The van der Waals surface area contributed by atoms with Gasteiger partial charge >= 0.3 is 0 Å². The number of nitrogens with one attached hydrogen (secondary N) is 1. The Morgan fingerprint density at radius 1 is 1.22 bits per heavy atom. The van der Waals surface area contributed by atoms with Crippen molar-refractivity contribution in [1.82, 2.24) is 4.98 Å². The van der Waals surface area contributed by atoms with Gasteiger partial charge in [-0.05, 0) is 29.4 Å². The van der Waals surface area contributed by atoms with Gasteiger partial charge in [0.15, 0.2) is 5.13 Å². The Labute approximate surface area is 164 Å². The molecule has 0 radical (unpaired) electrons. The summed E-state index contributed by atoms with van der Waals surface area (Å²) in [5, 5.41) is 5.70. The highest BCUT2D eigenvalue weighted by atomic mass is 32.1. The van der Waals surface area contributed by atoms with Crippen LogP contribution in [0.15, 0.2) is 23.6 Å². The van der Waals surface area contributed by atoms with E-state index in [0.29, 0.717) is 29.1 Å². The maximum Gasteiger partial charge on any atom is 0.230 e. The minimum atomic E-state index is -0.0744. The number of rotatable bonds is 6. The Balaban J connectivity index is 1.75. The smallest absolute Gasteiger partial charge is 0.230 e. The number of thiazole rings is 1. The lowest BCUT2D eigenvalue weighted by atomic mass is 9.92. The van der Waals surface area contributed by atoms with E-state index in [1.807, 2.05) is 5.38 Å². The molecule has 5 nitrogen and oxygen atoms in total. The molecule has 2 heterocycles. The van der Waals surface area contributed by atoms with Crippen molar-refractivity contribution in [3.05, 3.63) is 40.4 Å². The van der Waals surface area contributed by atoms with Crippen LogP contribution in [0.2, 0.25) is 0 Å². The van der Waals surface area contributed by atoms with Crippen LogP contribution in [0.3, 0.4) is 0 Å². The number of amides is 2. The Hall–Kier alpha value is -2.21. The minimum absolute atomic E-state index is 0.0744. The number of hydrogen-bond donors (Lipinski definition) is 1. The lowest BCUT2D eigenvalue weighted by molar-refractivity contribution is -0.117. The van der Waals surface area contributed by atoms with E-state index in [-0.39, 0.29) is 18.2 Å². The molecule has 0 bridgehead atoms. The summed E-state index contributed by atoms with van der Waals surface area (Å²) in [6, 6.07) is 6.21. The maximum absolute atomic E-state index is 12.7. The van der Waals surface area contributed by atoms with Gasteiger partial charge in [-0.2, -0.15) is 0 Å². The van der Waals surface area contributed by atoms with Crippen LogP contribution in [0.5, 0.6) is 0 Å². The van der Waals surface area contributed by atoms with Crippen LogP contribution in [0.25, 0.3) is 0 Å². The topological polar surface area (TPSA) is 62.3 Å². The second-order valence-corrected chi connectivity index (χ2v) is 8.45. The molecule has 6 heteroatoms. The molecule has 0 spiro atoms. The predicted octanol–water partition coefficient (Wildman–Crippen LogP) is 4.70. The second kappa shape index (κ2) is 8.21. The molecule has 3 rings (SSSR count). The van der Waals surface area contributed by atoms with Gasteiger partial charge in [0.25, 0.3) is 0 Å². The van der Waals surface area contributed by atoms with Gasteiger partial charge < -0.3 is 5.32 Å². The summed E-state index contributed by atoms with van der Waals surface area (Å²) >= 11 is 1.43. The molecule has 1 aliphatic rings. The third kappa shape index (κ3) is 4.38. The van der Waals surface area contributed by atoms with E-state index < -0.39 is 0 Å². The molecule has 1 aliphatic heterocycles. The highest BCUT2D eigenvalue weighted by Crippen LogP contribution is 2.32. The first kappa shape index (κ1) is 19.5. The molecule has 2 amide bonds. The fraction of sp³-hybridized carbons (Fsp3) is 0.476. The number of carbonyl (C=O) groups excluding carboxylic acids is 2. The summed E-state index contributed by atoms with van der Waals surface area (Å²) in [6.45, 7) is 9.25. The van der Waals surface area contributed by atoms with Crippen LogP contribution in [0, 0.1) is 0 Å². The summed E-state index contributed by atoms with van der Waals surface area (Å²) in [6.07, 6.45) is 1.67. The average molecular weight is 386 g/mol. The van der Waals surface area contributed by atoms with Gasteiger partial charge in [0.05, 0.1) is 12.1 Å². The molecule has 0 aliphatic carbocycles. The standard InChI is InChI=1S/C21H27N3O2S/c1-13(2)16-7-5-8-17(14(3)4)20(16)23-18(25)11-15-12-27-21(22-15)24-10-6-9-19(24)26/h5,7-8,12-14H,6,9-11H2,1-4H3,(H,23,25).